The van der Waals surface area contributed by atoms with Crippen molar-refractivity contribution in [3.8, 4) is 0 Å². The molecule has 4 heteroatoms. The third kappa shape index (κ3) is 1.64. The van der Waals surface area contributed by atoms with Crippen molar-refractivity contribution in [1.82, 2.24) is 0 Å². The number of rotatable bonds is 1. The second-order valence-electron chi connectivity index (χ2n) is 2.68. The van der Waals surface area contributed by atoms with Gasteiger partial charge < -0.3 is 14.1 Å². The van der Waals surface area contributed by atoms with Crippen LogP contribution in [0.1, 0.15) is 0 Å². The lowest BCUT2D eigenvalue weighted by atomic mass is 10.4. The van der Waals surface area contributed by atoms with E-state index in [2.05, 4.69) is 20.8 Å². The van der Waals surface area contributed by atoms with Gasteiger partial charge in [-0.3, -0.25) is 0 Å². The van der Waals surface area contributed by atoms with E-state index in [-0.39, 0.29) is 0 Å². The van der Waals surface area contributed by atoms with Gasteiger partial charge in [-0.15, -0.1) is 0 Å². The largest absolute Gasteiger partial charge is 0.434 e. The van der Waals surface area contributed by atoms with Gasteiger partial charge in [0.25, 0.3) is 0 Å². The van der Waals surface area contributed by atoms with Crippen LogP contribution >= 0.6 is 15.9 Å². The van der Waals surface area contributed by atoms with E-state index in [4.69, 9.17) is 9.15 Å². The van der Waals surface area contributed by atoms with Gasteiger partial charge in [0.15, 0.2) is 10.6 Å². The molecule has 1 aliphatic rings. The number of halogens is 1. The molecule has 2 rings (SSSR count). The Morgan fingerprint density at radius 1 is 1.25 bits per heavy atom. The van der Waals surface area contributed by atoms with E-state index in [0.29, 0.717) is 0 Å². The van der Waals surface area contributed by atoms with Crippen LogP contribution in [0.2, 0.25) is 0 Å². The molecule has 3 nitrogen and oxygen atoms in total. The average Bonchev–Trinajstić information content (AvgIpc) is 2.54. The van der Waals surface area contributed by atoms with E-state index in [0.717, 1.165) is 36.9 Å². The van der Waals surface area contributed by atoms with Crippen LogP contribution in [-0.4, -0.2) is 26.3 Å². The molecule has 1 aromatic rings. The van der Waals surface area contributed by atoms with Gasteiger partial charge in [0.1, 0.15) is 0 Å². The summed E-state index contributed by atoms with van der Waals surface area (Å²) in [5.41, 5.74) is 0. The fourth-order valence-corrected chi connectivity index (χ4v) is 1.56. The minimum Gasteiger partial charge on any atom is -0.434 e. The quantitative estimate of drug-likeness (QED) is 0.739. The molecule has 0 bridgehead atoms. The summed E-state index contributed by atoms with van der Waals surface area (Å²) in [6, 6.07) is 3.88. The van der Waals surface area contributed by atoms with E-state index in [1.165, 1.54) is 0 Å². The molecule has 0 aliphatic carbocycles. The molecule has 66 valence electrons. The van der Waals surface area contributed by atoms with Crippen LogP contribution in [0.25, 0.3) is 0 Å². The molecule has 0 atom stereocenters. The Kier molecular flexibility index (Phi) is 2.37. The van der Waals surface area contributed by atoms with Gasteiger partial charge in [-0.2, -0.15) is 0 Å². The number of morpholine rings is 1. The van der Waals surface area contributed by atoms with Crippen LogP contribution < -0.4 is 4.90 Å². The van der Waals surface area contributed by atoms with E-state index in [1.807, 2.05) is 12.1 Å². The maximum atomic E-state index is 5.41. The van der Waals surface area contributed by atoms with Gasteiger partial charge in [-0.25, -0.2) is 0 Å². The summed E-state index contributed by atoms with van der Waals surface area (Å²) in [7, 11) is 0. The van der Waals surface area contributed by atoms with Crippen molar-refractivity contribution in [1.29, 1.82) is 0 Å². The molecule has 0 radical (unpaired) electrons. The van der Waals surface area contributed by atoms with Crippen LogP contribution in [0.15, 0.2) is 21.2 Å². The average molecular weight is 232 g/mol. The lowest BCUT2D eigenvalue weighted by Gasteiger charge is -2.25. The zero-order valence-corrected chi connectivity index (χ0v) is 8.21. The molecule has 0 unspecified atom stereocenters. The SMILES string of the molecule is Brc1ccc(N2CCOCC2)o1. The van der Waals surface area contributed by atoms with Crippen molar-refractivity contribution in [2.75, 3.05) is 31.2 Å². The number of furan rings is 1. The molecule has 1 aliphatic heterocycles. The first-order valence-electron chi connectivity index (χ1n) is 3.94. The van der Waals surface area contributed by atoms with Crippen molar-refractivity contribution in [3.05, 3.63) is 16.8 Å². The third-order valence-electron chi connectivity index (χ3n) is 1.88. The Balaban J connectivity index is 2.08. The van der Waals surface area contributed by atoms with Gasteiger partial charge in [-0.1, -0.05) is 0 Å². The van der Waals surface area contributed by atoms with Gasteiger partial charge in [0.05, 0.1) is 13.2 Å². The van der Waals surface area contributed by atoms with Gasteiger partial charge in [0, 0.05) is 19.2 Å². The zero-order chi connectivity index (χ0) is 8.39. The van der Waals surface area contributed by atoms with Gasteiger partial charge >= 0.3 is 0 Å². The van der Waals surface area contributed by atoms with E-state index < -0.39 is 0 Å². The Morgan fingerprint density at radius 2 is 2.00 bits per heavy atom. The Labute approximate surface area is 79.4 Å². The topological polar surface area (TPSA) is 25.6 Å². The Hall–Kier alpha value is -0.480. The van der Waals surface area contributed by atoms with Gasteiger partial charge in [0.2, 0.25) is 0 Å². The number of anilines is 1. The first-order chi connectivity index (χ1) is 5.86. The lowest BCUT2D eigenvalue weighted by molar-refractivity contribution is 0.120. The molecule has 0 saturated carbocycles. The predicted molar refractivity (Wildman–Crippen MR) is 49.4 cm³/mol. The molecule has 1 fully saturated rings. The smallest absolute Gasteiger partial charge is 0.197 e. The monoisotopic (exact) mass is 231 g/mol. The van der Waals surface area contributed by atoms with Gasteiger partial charge in [-0.05, 0) is 22.0 Å². The molecular formula is C8H10BrNO2. The fraction of sp³-hybridized carbons (Fsp3) is 0.500. The third-order valence-corrected chi connectivity index (χ3v) is 2.31. The van der Waals surface area contributed by atoms with Crippen molar-refractivity contribution in [2.24, 2.45) is 0 Å². The molecule has 0 N–H and O–H groups in total. The standard InChI is InChI=1S/C8H10BrNO2/c9-7-1-2-8(12-7)10-3-5-11-6-4-10/h1-2H,3-6H2. The van der Waals surface area contributed by atoms with Crippen molar-refractivity contribution >= 4 is 21.8 Å². The summed E-state index contributed by atoms with van der Waals surface area (Å²) < 4.78 is 11.4. The van der Waals surface area contributed by atoms with Crippen LogP contribution in [-0.2, 0) is 4.74 Å². The Morgan fingerprint density at radius 3 is 2.58 bits per heavy atom. The lowest BCUT2D eigenvalue weighted by Crippen LogP contribution is -2.35. The Bertz CT molecular complexity index is 255. The second-order valence-corrected chi connectivity index (χ2v) is 3.46. The van der Waals surface area contributed by atoms with Crippen molar-refractivity contribution in [2.45, 2.75) is 0 Å². The molecule has 1 aromatic heterocycles. The highest BCUT2D eigenvalue weighted by Crippen LogP contribution is 2.22. The van der Waals surface area contributed by atoms with E-state index in [9.17, 15) is 0 Å². The van der Waals surface area contributed by atoms with Crippen LogP contribution in [0.5, 0.6) is 0 Å². The maximum absolute atomic E-state index is 5.41. The highest BCUT2D eigenvalue weighted by molar-refractivity contribution is 9.10. The van der Waals surface area contributed by atoms with Crippen LogP contribution in [0, 0.1) is 0 Å². The summed E-state index contributed by atoms with van der Waals surface area (Å²) in [5, 5.41) is 0. The molecule has 0 amide bonds. The van der Waals surface area contributed by atoms with Crippen molar-refractivity contribution in [3.63, 3.8) is 0 Å². The van der Waals surface area contributed by atoms with E-state index in [1.54, 1.807) is 0 Å². The summed E-state index contributed by atoms with van der Waals surface area (Å²) in [5.74, 6) is 0.921. The summed E-state index contributed by atoms with van der Waals surface area (Å²) in [4.78, 5) is 2.17. The fourth-order valence-electron chi connectivity index (χ4n) is 1.26. The highest BCUT2D eigenvalue weighted by atomic mass is 79.9. The predicted octanol–water partition coefficient (Wildman–Crippen LogP) is 1.88. The van der Waals surface area contributed by atoms with Crippen LogP contribution in [0.4, 0.5) is 5.88 Å². The second kappa shape index (κ2) is 3.49. The minimum absolute atomic E-state index is 0.781. The molecule has 0 aromatic carbocycles. The molecule has 12 heavy (non-hydrogen) atoms. The normalized spacial score (nSPS) is 18.2. The zero-order valence-electron chi connectivity index (χ0n) is 6.62. The first-order valence-corrected chi connectivity index (χ1v) is 4.73. The number of hydrogen-bond donors (Lipinski definition) is 0. The summed E-state index contributed by atoms with van der Waals surface area (Å²) >= 11 is 3.27. The summed E-state index contributed by atoms with van der Waals surface area (Å²) in [6.45, 7) is 3.41. The van der Waals surface area contributed by atoms with Crippen molar-refractivity contribution < 1.29 is 9.15 Å². The van der Waals surface area contributed by atoms with E-state index >= 15 is 0 Å². The number of ether oxygens (including phenoxy) is 1. The number of nitrogens with zero attached hydrogens (tertiary/aromatic N) is 1. The molecule has 1 saturated heterocycles. The molecule has 2 heterocycles. The highest BCUT2D eigenvalue weighted by Gasteiger charge is 2.13. The number of hydrogen-bond acceptors (Lipinski definition) is 3. The maximum Gasteiger partial charge on any atom is 0.197 e. The summed E-state index contributed by atoms with van der Waals surface area (Å²) in [6.07, 6.45) is 0. The first kappa shape index (κ1) is 8.13. The van der Waals surface area contributed by atoms with Crippen LogP contribution in [0.3, 0.4) is 0 Å². The molecular weight excluding hydrogens is 222 g/mol. The minimum atomic E-state index is 0.781. The molecule has 0 spiro atoms.